The molecular formula is C13H18BN3O2. The number of rotatable bonds is 1. The third-order valence-corrected chi connectivity index (χ3v) is 4.22. The van der Waals surface area contributed by atoms with Gasteiger partial charge in [-0.25, -0.2) is 4.98 Å². The van der Waals surface area contributed by atoms with Gasteiger partial charge in [-0.1, -0.05) is 6.07 Å². The van der Waals surface area contributed by atoms with Crippen molar-refractivity contribution in [3.8, 4) is 0 Å². The van der Waals surface area contributed by atoms with E-state index in [1.807, 2.05) is 40.7 Å². The van der Waals surface area contributed by atoms with E-state index in [0.717, 1.165) is 11.0 Å². The Kier molecular flexibility index (Phi) is 2.60. The molecule has 0 N–H and O–H groups in total. The molecule has 0 amide bonds. The average molecular weight is 259 g/mol. The molecule has 3 rings (SSSR count). The van der Waals surface area contributed by atoms with Gasteiger partial charge < -0.3 is 9.31 Å². The summed E-state index contributed by atoms with van der Waals surface area (Å²) in [6.07, 6.45) is 1.76. The van der Waals surface area contributed by atoms with Gasteiger partial charge in [-0.15, -0.1) is 5.11 Å². The van der Waals surface area contributed by atoms with E-state index in [4.69, 9.17) is 9.31 Å². The highest BCUT2D eigenvalue weighted by Gasteiger charge is 2.52. The number of azo groups is 1. The maximum atomic E-state index is 6.02. The number of pyridine rings is 1. The lowest BCUT2D eigenvalue weighted by Crippen LogP contribution is -2.41. The molecule has 0 aliphatic carbocycles. The van der Waals surface area contributed by atoms with Gasteiger partial charge in [-0.2, -0.15) is 5.11 Å². The zero-order valence-electron chi connectivity index (χ0n) is 12.0. The first kappa shape index (κ1) is 12.8. The molecule has 1 fully saturated rings. The highest BCUT2D eigenvalue weighted by atomic mass is 16.7. The first-order chi connectivity index (χ1) is 8.80. The summed E-state index contributed by atoms with van der Waals surface area (Å²) in [6.45, 7) is 10.2. The molecule has 100 valence electrons. The monoisotopic (exact) mass is 259 g/mol. The fraction of sp³-hybridized carbons (Fsp3) is 0.615. The smallest absolute Gasteiger partial charge is 0.399 e. The van der Waals surface area contributed by atoms with E-state index < -0.39 is 0 Å². The molecule has 1 atom stereocenters. The summed E-state index contributed by atoms with van der Waals surface area (Å²) in [4.78, 5) is 4.33. The van der Waals surface area contributed by atoms with Crippen molar-refractivity contribution in [2.75, 3.05) is 0 Å². The lowest BCUT2D eigenvalue weighted by molar-refractivity contribution is 0.00578. The lowest BCUT2D eigenvalue weighted by atomic mass is 9.79. The van der Waals surface area contributed by atoms with E-state index in [9.17, 15) is 0 Å². The topological polar surface area (TPSA) is 56.1 Å². The zero-order chi connectivity index (χ0) is 13.8. The van der Waals surface area contributed by atoms with Crippen LogP contribution in [0.5, 0.6) is 0 Å². The third kappa shape index (κ3) is 1.90. The van der Waals surface area contributed by atoms with Crippen LogP contribution in [-0.4, -0.2) is 23.3 Å². The molecule has 0 radical (unpaired) electrons. The van der Waals surface area contributed by atoms with Gasteiger partial charge >= 0.3 is 7.12 Å². The largest absolute Gasteiger partial charge is 0.496 e. The molecule has 5 nitrogen and oxygen atoms in total. The summed E-state index contributed by atoms with van der Waals surface area (Å²) in [7, 11) is -0.379. The van der Waals surface area contributed by atoms with Crippen molar-refractivity contribution in [2.45, 2.75) is 51.9 Å². The normalized spacial score (nSPS) is 26.8. The number of aromatic nitrogens is 1. The van der Waals surface area contributed by atoms with Gasteiger partial charge in [0.15, 0.2) is 5.82 Å². The number of fused-ring (bicyclic) bond motifs is 1. The van der Waals surface area contributed by atoms with Crippen molar-refractivity contribution in [1.82, 2.24) is 4.98 Å². The van der Waals surface area contributed by atoms with Gasteiger partial charge in [0.25, 0.3) is 0 Å². The molecule has 2 aliphatic rings. The molecule has 19 heavy (non-hydrogen) atoms. The molecule has 2 aliphatic heterocycles. The van der Waals surface area contributed by atoms with Crippen LogP contribution in [0.3, 0.4) is 0 Å². The highest BCUT2D eigenvalue weighted by Crippen LogP contribution is 2.37. The lowest BCUT2D eigenvalue weighted by Gasteiger charge is -2.32. The standard InChI is InChI=1S/C13H18BN3O2/c1-8-10-6-9(7-15-11(10)17-16-8)14-18-12(2,3)13(4,5)19-14/h6-8H,1-5H3/t8-/m1/s1. The number of nitrogens with zero attached hydrogens (tertiary/aromatic N) is 3. The minimum Gasteiger partial charge on any atom is -0.399 e. The summed E-state index contributed by atoms with van der Waals surface area (Å²) in [5.41, 5.74) is 1.29. The van der Waals surface area contributed by atoms with Crippen LogP contribution >= 0.6 is 0 Å². The third-order valence-electron chi connectivity index (χ3n) is 4.22. The van der Waals surface area contributed by atoms with Crippen molar-refractivity contribution in [1.29, 1.82) is 0 Å². The van der Waals surface area contributed by atoms with Crippen molar-refractivity contribution >= 4 is 18.4 Å². The fourth-order valence-electron chi connectivity index (χ4n) is 2.19. The van der Waals surface area contributed by atoms with Gasteiger partial charge in [0.2, 0.25) is 0 Å². The van der Waals surface area contributed by atoms with Gasteiger partial charge in [-0.05, 0) is 34.6 Å². The van der Waals surface area contributed by atoms with E-state index in [-0.39, 0.29) is 24.4 Å². The molecule has 0 aromatic carbocycles. The second kappa shape index (κ2) is 3.87. The molecule has 1 aromatic heterocycles. The first-order valence-electron chi connectivity index (χ1n) is 6.56. The molecule has 6 heteroatoms. The molecular weight excluding hydrogens is 241 g/mol. The molecule has 0 saturated carbocycles. The Morgan fingerprint density at radius 1 is 1.16 bits per heavy atom. The maximum Gasteiger partial charge on any atom is 0.496 e. The van der Waals surface area contributed by atoms with E-state index in [1.165, 1.54) is 0 Å². The van der Waals surface area contributed by atoms with E-state index >= 15 is 0 Å². The molecule has 0 unspecified atom stereocenters. The Labute approximate surface area is 113 Å². The summed E-state index contributed by atoms with van der Waals surface area (Å²) in [6, 6.07) is 2.10. The Morgan fingerprint density at radius 3 is 2.42 bits per heavy atom. The highest BCUT2D eigenvalue weighted by molar-refractivity contribution is 6.62. The number of hydrogen-bond acceptors (Lipinski definition) is 5. The van der Waals surface area contributed by atoms with Crippen LogP contribution in [0, 0.1) is 0 Å². The van der Waals surface area contributed by atoms with Gasteiger partial charge in [0.1, 0.15) is 0 Å². The molecule has 1 aromatic rings. The molecule has 0 bridgehead atoms. The SMILES string of the molecule is C[C@H]1N=Nc2ncc(B3OC(C)(C)C(C)(C)O3)cc21. The van der Waals surface area contributed by atoms with Crippen molar-refractivity contribution < 1.29 is 9.31 Å². The van der Waals surface area contributed by atoms with Crippen molar-refractivity contribution in [3.63, 3.8) is 0 Å². The van der Waals surface area contributed by atoms with E-state index in [0.29, 0.717) is 5.82 Å². The molecule has 1 saturated heterocycles. The zero-order valence-corrected chi connectivity index (χ0v) is 12.0. The summed E-state index contributed by atoms with van der Waals surface area (Å²) in [5.74, 6) is 0.702. The van der Waals surface area contributed by atoms with Gasteiger partial charge in [0, 0.05) is 17.2 Å². The predicted octanol–water partition coefficient (Wildman–Crippen LogP) is 2.54. The van der Waals surface area contributed by atoms with Crippen LogP contribution in [0.25, 0.3) is 0 Å². The summed E-state index contributed by atoms with van der Waals surface area (Å²) >= 11 is 0. The average Bonchev–Trinajstić information content (AvgIpc) is 2.78. The Bertz CT molecular complexity index is 541. The summed E-state index contributed by atoms with van der Waals surface area (Å²) in [5, 5.41) is 8.15. The van der Waals surface area contributed by atoms with Gasteiger partial charge in [-0.3, -0.25) is 0 Å². The minimum atomic E-state index is -0.379. The van der Waals surface area contributed by atoms with Crippen LogP contribution in [0.15, 0.2) is 22.5 Å². The minimum absolute atomic E-state index is 0.0601. The van der Waals surface area contributed by atoms with E-state index in [2.05, 4.69) is 15.2 Å². The molecule has 3 heterocycles. The van der Waals surface area contributed by atoms with Crippen LogP contribution in [0.4, 0.5) is 5.82 Å². The second-order valence-corrected chi connectivity index (χ2v) is 6.16. The van der Waals surface area contributed by atoms with E-state index in [1.54, 1.807) is 6.20 Å². The second-order valence-electron chi connectivity index (χ2n) is 6.16. The van der Waals surface area contributed by atoms with Crippen LogP contribution < -0.4 is 5.46 Å². The number of hydrogen-bond donors (Lipinski definition) is 0. The fourth-order valence-corrected chi connectivity index (χ4v) is 2.19. The van der Waals surface area contributed by atoms with Crippen LogP contribution in [0.1, 0.15) is 46.2 Å². The quantitative estimate of drug-likeness (QED) is 0.728. The van der Waals surface area contributed by atoms with Crippen molar-refractivity contribution in [2.24, 2.45) is 10.2 Å². The van der Waals surface area contributed by atoms with Crippen LogP contribution in [-0.2, 0) is 9.31 Å². The Hall–Kier alpha value is -1.27. The first-order valence-corrected chi connectivity index (χ1v) is 6.56. The van der Waals surface area contributed by atoms with Gasteiger partial charge in [0.05, 0.1) is 17.2 Å². The van der Waals surface area contributed by atoms with Crippen LogP contribution in [0.2, 0.25) is 0 Å². The van der Waals surface area contributed by atoms with Crippen molar-refractivity contribution in [3.05, 3.63) is 17.8 Å². The predicted molar refractivity (Wildman–Crippen MR) is 72.9 cm³/mol. The molecule has 0 spiro atoms. The Balaban J connectivity index is 1.92. The Morgan fingerprint density at radius 2 is 1.79 bits per heavy atom. The maximum absolute atomic E-state index is 6.02. The summed E-state index contributed by atoms with van der Waals surface area (Å²) < 4.78 is 12.0.